The smallest absolute Gasteiger partial charge is 0.338 e. The topological polar surface area (TPSA) is 212 Å². The standard InChI is InChI=1S/C40H47NO13/c1-20-25(52-36(49)31(46)29(41-21(2)42)23-13-9-7-10-14-23)18-40(50)34(53-35(48)24-15-11-8-12-16-24)32-38(6,33(47)30(45)28(20)37(40,4)5)26(44)17-27-39(32,19-51-27)54-22(3)43/h7-16,20,25-29,31-32,34,44,46,50H,17-19H2,1-6H3,(H,41,42). The van der Waals surface area contributed by atoms with Crippen LogP contribution in [-0.2, 0) is 42.9 Å². The Kier molecular flexibility index (Phi) is 10.1. The number of aliphatic hydroxyl groups is 3. The van der Waals surface area contributed by atoms with Gasteiger partial charge in [0.05, 0.1) is 35.6 Å². The molecule has 1 saturated heterocycles. The van der Waals surface area contributed by atoms with Gasteiger partial charge in [0, 0.05) is 43.9 Å². The van der Waals surface area contributed by atoms with Gasteiger partial charge >= 0.3 is 17.9 Å². The van der Waals surface area contributed by atoms with Crippen LogP contribution < -0.4 is 5.32 Å². The van der Waals surface area contributed by atoms with Crippen molar-refractivity contribution in [3.63, 3.8) is 0 Å². The first-order valence-electron chi connectivity index (χ1n) is 18.1. The van der Waals surface area contributed by atoms with E-state index in [9.17, 15) is 44.1 Å². The highest BCUT2D eigenvalue weighted by molar-refractivity contribution is 6.40. The van der Waals surface area contributed by atoms with Crippen LogP contribution in [0.3, 0.4) is 0 Å². The van der Waals surface area contributed by atoms with E-state index in [0.29, 0.717) is 5.56 Å². The van der Waals surface area contributed by atoms with Gasteiger partial charge in [-0.25, -0.2) is 9.59 Å². The molecule has 4 N–H and O–H groups in total. The Morgan fingerprint density at radius 2 is 1.56 bits per heavy atom. The van der Waals surface area contributed by atoms with Gasteiger partial charge in [-0.15, -0.1) is 0 Å². The molecule has 4 aliphatic rings. The summed E-state index contributed by atoms with van der Waals surface area (Å²) in [5.74, 6) is -9.29. The van der Waals surface area contributed by atoms with Gasteiger partial charge in [-0.05, 0) is 24.6 Å². The predicted molar refractivity (Wildman–Crippen MR) is 187 cm³/mol. The van der Waals surface area contributed by atoms with Crippen molar-refractivity contribution in [2.24, 2.45) is 28.6 Å². The third-order valence-electron chi connectivity index (χ3n) is 12.6. The molecule has 14 nitrogen and oxygen atoms in total. The molecule has 6 rings (SSSR count). The quantitative estimate of drug-likeness (QED) is 0.173. The molecule has 0 aromatic heterocycles. The number of amides is 1. The molecule has 2 bridgehead atoms. The lowest BCUT2D eigenvalue weighted by molar-refractivity contribution is -0.350. The fourth-order valence-corrected chi connectivity index (χ4v) is 9.65. The molecule has 2 aromatic carbocycles. The number of benzene rings is 2. The molecule has 3 saturated carbocycles. The maximum absolute atomic E-state index is 14.8. The molecule has 4 fully saturated rings. The van der Waals surface area contributed by atoms with Gasteiger partial charge in [-0.3, -0.25) is 19.2 Å². The fraction of sp³-hybridized carbons (Fsp3) is 0.550. The second kappa shape index (κ2) is 14.0. The third kappa shape index (κ3) is 6.03. The number of carbonyl (C=O) groups is 6. The largest absolute Gasteiger partial charge is 0.460 e. The first-order chi connectivity index (χ1) is 25.3. The van der Waals surface area contributed by atoms with Gasteiger partial charge in [0.15, 0.2) is 11.7 Å². The van der Waals surface area contributed by atoms with E-state index in [1.807, 2.05) is 0 Å². The third-order valence-corrected chi connectivity index (χ3v) is 12.6. The van der Waals surface area contributed by atoms with Crippen LogP contribution in [0.2, 0.25) is 0 Å². The van der Waals surface area contributed by atoms with Crippen molar-refractivity contribution in [3.8, 4) is 0 Å². The van der Waals surface area contributed by atoms with Crippen molar-refractivity contribution in [1.82, 2.24) is 5.32 Å². The van der Waals surface area contributed by atoms with E-state index >= 15 is 0 Å². The molecule has 290 valence electrons. The van der Waals surface area contributed by atoms with Gasteiger partial charge in [-0.2, -0.15) is 0 Å². The first-order valence-corrected chi connectivity index (χ1v) is 18.1. The van der Waals surface area contributed by atoms with Gasteiger partial charge in [-0.1, -0.05) is 69.3 Å². The number of hydrogen-bond donors (Lipinski definition) is 4. The number of esters is 3. The Labute approximate surface area is 312 Å². The number of Topliss-reactive ketones (excluding diaryl/α,β-unsaturated/α-hetero) is 2. The maximum atomic E-state index is 14.8. The Hall–Kier alpha value is -4.50. The van der Waals surface area contributed by atoms with Crippen LogP contribution >= 0.6 is 0 Å². The highest BCUT2D eigenvalue weighted by Crippen LogP contribution is 2.64. The number of hydrogen-bond acceptors (Lipinski definition) is 13. The zero-order valence-corrected chi connectivity index (χ0v) is 31.0. The SMILES string of the molecule is CC(=O)NC(c1ccccc1)C(O)C(=O)OC1CC2(O)C(OC(=O)c3ccccc3)C3C4(OC(C)=O)COC4CC(O)C3(C)C(=O)C(=O)C(C1C)C2(C)C. The van der Waals surface area contributed by atoms with E-state index in [0.717, 1.165) is 6.92 Å². The van der Waals surface area contributed by atoms with Crippen LogP contribution in [0.5, 0.6) is 0 Å². The molecule has 2 aromatic rings. The summed E-state index contributed by atoms with van der Waals surface area (Å²) in [7, 11) is 0. The average molecular weight is 750 g/mol. The Morgan fingerprint density at radius 1 is 0.944 bits per heavy atom. The molecular formula is C40H47NO13. The monoisotopic (exact) mass is 749 g/mol. The lowest BCUT2D eigenvalue weighted by Crippen LogP contribution is -2.82. The molecule has 1 amide bonds. The summed E-state index contributed by atoms with van der Waals surface area (Å²) in [6.07, 6.45) is -8.32. The minimum atomic E-state index is -2.33. The van der Waals surface area contributed by atoms with Crippen molar-refractivity contribution in [3.05, 3.63) is 71.8 Å². The Bertz CT molecular complexity index is 1830. The van der Waals surface area contributed by atoms with Crippen LogP contribution in [0.4, 0.5) is 0 Å². The Morgan fingerprint density at radius 3 is 2.11 bits per heavy atom. The van der Waals surface area contributed by atoms with Crippen LogP contribution in [-0.4, -0.2) is 99.0 Å². The molecule has 12 atom stereocenters. The van der Waals surface area contributed by atoms with E-state index in [4.69, 9.17) is 18.9 Å². The van der Waals surface area contributed by atoms with E-state index < -0.39 is 118 Å². The number of fused-ring (bicyclic) bond motifs is 5. The van der Waals surface area contributed by atoms with Crippen molar-refractivity contribution < 1.29 is 63.0 Å². The normalized spacial score (nSPS) is 36.4. The predicted octanol–water partition coefficient (Wildman–Crippen LogP) is 2.01. The molecule has 1 aliphatic heterocycles. The van der Waals surface area contributed by atoms with Crippen LogP contribution in [0.25, 0.3) is 0 Å². The van der Waals surface area contributed by atoms with Gasteiger partial charge in [0.1, 0.15) is 23.9 Å². The zero-order valence-electron chi connectivity index (χ0n) is 31.0. The van der Waals surface area contributed by atoms with Gasteiger partial charge in [0.2, 0.25) is 17.5 Å². The maximum Gasteiger partial charge on any atom is 0.338 e. The molecule has 0 radical (unpaired) electrons. The zero-order chi connectivity index (χ0) is 39.5. The highest BCUT2D eigenvalue weighted by Gasteiger charge is 2.79. The second-order valence-electron chi connectivity index (χ2n) is 15.9. The van der Waals surface area contributed by atoms with E-state index in [1.54, 1.807) is 69.3 Å². The molecule has 14 heteroatoms. The van der Waals surface area contributed by atoms with E-state index in [-0.39, 0.29) is 18.6 Å². The van der Waals surface area contributed by atoms with Crippen LogP contribution in [0.1, 0.15) is 76.3 Å². The first kappa shape index (κ1) is 39.2. The molecule has 1 heterocycles. The summed E-state index contributed by atoms with van der Waals surface area (Å²) in [6.45, 7) is 8.10. The van der Waals surface area contributed by atoms with E-state index in [1.165, 1.54) is 26.0 Å². The molecule has 0 spiro atoms. The number of ketones is 2. The van der Waals surface area contributed by atoms with Crippen LogP contribution in [0.15, 0.2) is 60.7 Å². The molecule has 54 heavy (non-hydrogen) atoms. The van der Waals surface area contributed by atoms with E-state index in [2.05, 4.69) is 5.32 Å². The summed E-state index contributed by atoms with van der Waals surface area (Å²) in [6, 6.07) is 14.9. The summed E-state index contributed by atoms with van der Waals surface area (Å²) < 4.78 is 24.0. The molecular weight excluding hydrogens is 702 g/mol. The minimum Gasteiger partial charge on any atom is -0.460 e. The fourth-order valence-electron chi connectivity index (χ4n) is 9.65. The Balaban J connectivity index is 1.50. The lowest BCUT2D eigenvalue weighted by Gasteiger charge is -2.67. The highest BCUT2D eigenvalue weighted by atomic mass is 16.6. The average Bonchev–Trinajstić information content (AvgIpc) is 3.12. The minimum absolute atomic E-state index is 0.0844. The van der Waals surface area contributed by atoms with Crippen LogP contribution in [0, 0.1) is 28.6 Å². The van der Waals surface area contributed by atoms with Crippen molar-refractivity contribution >= 4 is 35.4 Å². The summed E-state index contributed by atoms with van der Waals surface area (Å²) in [5.41, 5.74) is -7.22. The summed E-state index contributed by atoms with van der Waals surface area (Å²) in [5, 5.41) is 39.0. The summed E-state index contributed by atoms with van der Waals surface area (Å²) >= 11 is 0. The lowest BCUT2D eigenvalue weighted by atomic mass is 9.42. The number of carbonyl (C=O) groups excluding carboxylic acids is 6. The van der Waals surface area contributed by atoms with Crippen molar-refractivity contribution in [2.75, 3.05) is 6.61 Å². The van der Waals surface area contributed by atoms with Crippen molar-refractivity contribution in [1.29, 1.82) is 0 Å². The number of nitrogens with one attached hydrogen (secondary N) is 1. The molecule has 12 unspecified atom stereocenters. The summed E-state index contributed by atoms with van der Waals surface area (Å²) in [4.78, 5) is 82.3. The van der Waals surface area contributed by atoms with Gasteiger partial charge < -0.3 is 39.6 Å². The number of ether oxygens (including phenoxy) is 4. The number of aliphatic hydroxyl groups excluding tert-OH is 2. The van der Waals surface area contributed by atoms with Gasteiger partial charge in [0.25, 0.3) is 0 Å². The second-order valence-corrected chi connectivity index (χ2v) is 15.9. The van der Waals surface area contributed by atoms with Crippen molar-refractivity contribution in [2.45, 2.75) is 102 Å². The number of rotatable bonds is 8. The molecule has 3 aliphatic carbocycles.